The normalized spacial score (nSPS) is 13.2. The lowest BCUT2D eigenvalue weighted by Crippen LogP contribution is -2.52. The van der Waals surface area contributed by atoms with E-state index < -0.39 is 46.2 Å². The van der Waals surface area contributed by atoms with Crippen molar-refractivity contribution in [2.24, 2.45) is 0 Å². The van der Waals surface area contributed by atoms with Gasteiger partial charge in [-0.2, -0.15) is 13.2 Å². The molecular formula is C29H30Cl2F3N3O4S. The van der Waals surface area contributed by atoms with Crippen molar-refractivity contribution in [1.82, 2.24) is 10.2 Å². The topological polar surface area (TPSA) is 86.8 Å². The fourth-order valence-corrected chi connectivity index (χ4v) is 5.93. The first-order valence-corrected chi connectivity index (χ1v) is 15.1. The number of hydrogen-bond donors (Lipinski definition) is 1. The Morgan fingerprint density at radius 3 is 2.10 bits per heavy atom. The van der Waals surface area contributed by atoms with Crippen LogP contribution >= 0.6 is 23.2 Å². The zero-order valence-corrected chi connectivity index (χ0v) is 25.4. The van der Waals surface area contributed by atoms with E-state index in [1.807, 2.05) is 6.92 Å². The summed E-state index contributed by atoms with van der Waals surface area (Å²) in [5.74, 6) is -1.38. The van der Waals surface area contributed by atoms with Crippen LogP contribution < -0.4 is 9.62 Å². The molecule has 226 valence electrons. The van der Waals surface area contributed by atoms with E-state index in [2.05, 4.69) is 5.32 Å². The van der Waals surface area contributed by atoms with Crippen LogP contribution in [-0.2, 0) is 32.3 Å². The average Bonchev–Trinajstić information content (AvgIpc) is 2.95. The number of hydrogen-bond acceptors (Lipinski definition) is 4. The summed E-state index contributed by atoms with van der Waals surface area (Å²) in [5, 5.41) is 3.21. The smallest absolute Gasteiger partial charge is 0.352 e. The minimum absolute atomic E-state index is 0.210. The van der Waals surface area contributed by atoms with E-state index in [1.165, 1.54) is 31.2 Å². The van der Waals surface area contributed by atoms with Crippen molar-refractivity contribution < 1.29 is 31.2 Å². The van der Waals surface area contributed by atoms with Gasteiger partial charge in [0.25, 0.3) is 10.0 Å². The molecular weight excluding hydrogens is 614 g/mol. The van der Waals surface area contributed by atoms with Crippen LogP contribution in [0.1, 0.15) is 38.3 Å². The third kappa shape index (κ3) is 7.96. The summed E-state index contributed by atoms with van der Waals surface area (Å²) in [6.45, 7) is 3.92. The van der Waals surface area contributed by atoms with E-state index in [0.29, 0.717) is 22.4 Å². The van der Waals surface area contributed by atoms with Crippen molar-refractivity contribution in [2.75, 3.05) is 10.8 Å². The van der Waals surface area contributed by atoms with Gasteiger partial charge in [0.2, 0.25) is 11.8 Å². The number of nitrogens with zero attached hydrogens (tertiary/aromatic N) is 2. The summed E-state index contributed by atoms with van der Waals surface area (Å²) in [7, 11) is -4.54. The molecule has 0 spiro atoms. The number of carbonyl (C=O) groups excluding carboxylic acids is 2. The highest BCUT2D eigenvalue weighted by Crippen LogP contribution is 2.34. The fourth-order valence-electron chi connectivity index (χ4n) is 3.99. The first-order chi connectivity index (χ1) is 19.7. The third-order valence-electron chi connectivity index (χ3n) is 6.63. The van der Waals surface area contributed by atoms with E-state index in [4.69, 9.17) is 23.2 Å². The summed E-state index contributed by atoms with van der Waals surface area (Å²) >= 11 is 12.7. The van der Waals surface area contributed by atoms with E-state index >= 15 is 0 Å². The molecule has 0 aliphatic carbocycles. The van der Waals surface area contributed by atoms with Gasteiger partial charge in [0, 0.05) is 28.2 Å². The fraction of sp³-hybridized carbons (Fsp3) is 0.310. The molecule has 42 heavy (non-hydrogen) atoms. The van der Waals surface area contributed by atoms with Crippen molar-refractivity contribution >= 4 is 50.7 Å². The number of nitrogens with one attached hydrogen (secondary N) is 1. The van der Waals surface area contributed by atoms with E-state index in [9.17, 15) is 31.2 Å². The molecule has 7 nitrogen and oxygen atoms in total. The number of rotatable bonds is 11. The minimum atomic E-state index is -4.77. The number of anilines is 1. The summed E-state index contributed by atoms with van der Waals surface area (Å²) in [4.78, 5) is 27.9. The van der Waals surface area contributed by atoms with Gasteiger partial charge in [0.15, 0.2) is 0 Å². The molecule has 2 amide bonds. The zero-order valence-electron chi connectivity index (χ0n) is 23.0. The second kappa shape index (κ2) is 13.8. The standard InChI is InChI=1S/C29H30Cl2F3N3O4S/c1-4-19(2)35-28(39)20(3)36(17-24-25(30)14-9-15-26(24)31)27(38)18-37(42(40,41)23-12-6-5-7-13-23)22-11-8-10-21(16-22)29(32,33)34/h5-16,19-20H,4,17-18H2,1-3H3,(H,35,39)/t19-,20+/m1/s1. The van der Waals surface area contributed by atoms with Gasteiger partial charge in [-0.05, 0) is 62.7 Å². The molecule has 3 aromatic rings. The van der Waals surface area contributed by atoms with Crippen LogP contribution in [0.5, 0.6) is 0 Å². The summed E-state index contributed by atoms with van der Waals surface area (Å²) < 4.78 is 68.8. The Morgan fingerprint density at radius 1 is 0.929 bits per heavy atom. The molecule has 3 rings (SSSR count). The first-order valence-electron chi connectivity index (χ1n) is 12.9. The highest BCUT2D eigenvalue weighted by atomic mass is 35.5. The predicted octanol–water partition coefficient (Wildman–Crippen LogP) is 6.54. The number of benzene rings is 3. The number of halogens is 5. The van der Waals surface area contributed by atoms with E-state index in [-0.39, 0.29) is 33.2 Å². The van der Waals surface area contributed by atoms with Crippen LogP contribution in [0.3, 0.4) is 0 Å². The highest BCUT2D eigenvalue weighted by Gasteiger charge is 2.35. The molecule has 0 unspecified atom stereocenters. The molecule has 0 saturated heterocycles. The molecule has 0 aromatic heterocycles. The maximum atomic E-state index is 13.9. The van der Waals surface area contributed by atoms with Crippen LogP contribution in [-0.4, -0.2) is 43.8 Å². The first kappa shape index (κ1) is 33.2. The van der Waals surface area contributed by atoms with Crippen molar-refractivity contribution in [1.29, 1.82) is 0 Å². The van der Waals surface area contributed by atoms with Crippen LogP contribution in [0, 0.1) is 0 Å². The van der Waals surface area contributed by atoms with E-state index in [1.54, 1.807) is 31.2 Å². The van der Waals surface area contributed by atoms with Crippen LogP contribution in [0.2, 0.25) is 10.0 Å². The molecule has 0 saturated carbocycles. The Morgan fingerprint density at radius 2 is 1.52 bits per heavy atom. The Labute approximate surface area is 253 Å². The van der Waals surface area contributed by atoms with Gasteiger partial charge >= 0.3 is 6.18 Å². The van der Waals surface area contributed by atoms with Crippen molar-refractivity contribution in [3.63, 3.8) is 0 Å². The third-order valence-corrected chi connectivity index (χ3v) is 9.13. The quantitative estimate of drug-likeness (QED) is 0.257. The maximum Gasteiger partial charge on any atom is 0.416 e. The van der Waals surface area contributed by atoms with Crippen molar-refractivity contribution in [3.05, 3.63) is 94.0 Å². The summed E-state index contributed by atoms with van der Waals surface area (Å²) in [5.41, 5.74) is -1.16. The largest absolute Gasteiger partial charge is 0.416 e. The number of carbonyl (C=O) groups is 2. The molecule has 0 bridgehead atoms. The molecule has 1 N–H and O–H groups in total. The Balaban J connectivity index is 2.11. The van der Waals surface area contributed by atoms with Crippen LogP contribution in [0.25, 0.3) is 0 Å². The predicted molar refractivity (Wildman–Crippen MR) is 157 cm³/mol. The number of amides is 2. The molecule has 0 heterocycles. The maximum absolute atomic E-state index is 13.9. The Bertz CT molecular complexity index is 1500. The monoisotopic (exact) mass is 643 g/mol. The van der Waals surface area contributed by atoms with Gasteiger partial charge in [0.1, 0.15) is 12.6 Å². The Hall–Kier alpha value is -3.28. The lowest BCUT2D eigenvalue weighted by molar-refractivity contribution is -0.139. The second-order valence-corrected chi connectivity index (χ2v) is 12.3. The van der Waals surface area contributed by atoms with Crippen molar-refractivity contribution in [3.8, 4) is 0 Å². The SMILES string of the molecule is CC[C@@H](C)NC(=O)[C@H](C)N(Cc1c(Cl)cccc1Cl)C(=O)CN(c1cccc(C(F)(F)F)c1)S(=O)(=O)c1ccccc1. The van der Waals surface area contributed by atoms with Crippen molar-refractivity contribution in [2.45, 2.75) is 56.9 Å². The van der Waals surface area contributed by atoms with E-state index in [0.717, 1.165) is 23.1 Å². The summed E-state index contributed by atoms with van der Waals surface area (Å²) in [6, 6.07) is 14.0. The average molecular weight is 645 g/mol. The highest BCUT2D eigenvalue weighted by molar-refractivity contribution is 7.92. The number of alkyl halides is 3. The van der Waals surface area contributed by atoms with Gasteiger partial charge in [0.05, 0.1) is 16.1 Å². The van der Waals surface area contributed by atoms with Gasteiger partial charge in [-0.3, -0.25) is 13.9 Å². The minimum Gasteiger partial charge on any atom is -0.352 e. The molecule has 0 fully saturated rings. The van der Waals surface area contributed by atoms with Gasteiger partial charge in [-0.15, -0.1) is 0 Å². The molecule has 3 aromatic carbocycles. The number of sulfonamides is 1. The molecule has 0 radical (unpaired) electrons. The molecule has 2 atom stereocenters. The molecule has 0 aliphatic heterocycles. The second-order valence-electron chi connectivity index (χ2n) is 9.59. The van der Waals surface area contributed by atoms with Gasteiger partial charge in [-0.25, -0.2) is 8.42 Å². The lowest BCUT2D eigenvalue weighted by atomic mass is 10.1. The molecule has 0 aliphatic rings. The van der Waals surface area contributed by atoms with Crippen LogP contribution in [0.4, 0.5) is 18.9 Å². The lowest BCUT2D eigenvalue weighted by Gasteiger charge is -2.33. The van der Waals surface area contributed by atoms with Crippen LogP contribution in [0.15, 0.2) is 77.7 Å². The van der Waals surface area contributed by atoms with Gasteiger partial charge in [-0.1, -0.05) is 60.5 Å². The van der Waals surface area contributed by atoms with Gasteiger partial charge < -0.3 is 10.2 Å². The summed E-state index contributed by atoms with van der Waals surface area (Å²) in [6.07, 6.45) is -4.15. The molecule has 13 heteroatoms. The zero-order chi connectivity index (χ0) is 31.2. The Kier molecular flexibility index (Phi) is 10.9.